The van der Waals surface area contributed by atoms with Crippen molar-refractivity contribution in [3.8, 4) is 12.0 Å². The van der Waals surface area contributed by atoms with Gasteiger partial charge in [0.2, 0.25) is 0 Å². The fraction of sp³-hybridized carbons (Fsp3) is 0.739. The normalized spacial score (nSPS) is 12.0. The third kappa shape index (κ3) is 32.3. The first kappa shape index (κ1) is 54.4. The van der Waals surface area contributed by atoms with Crippen LogP contribution in [-0.4, -0.2) is 52.3 Å². The minimum Gasteiger partial charge on any atom is -0.479 e. The van der Waals surface area contributed by atoms with Crippen molar-refractivity contribution in [2.45, 2.75) is 220 Å². The number of carbonyl (C=O) groups is 2. The number of nitrogens with two attached hydrogens (primary N) is 2. The summed E-state index contributed by atoms with van der Waals surface area (Å²) in [5.41, 5.74) is 15.9. The number of carboxylic acids is 2. The Labute approximate surface area is 351 Å². The number of aliphatic carboxylic acids is 2. The molecule has 0 aliphatic heterocycles. The summed E-state index contributed by atoms with van der Waals surface area (Å²) in [5.74, 6) is -2.51. The maximum atomic E-state index is 9.55. The molecule has 0 saturated carbocycles. The Bertz CT molecular complexity index is 1240. The van der Waals surface area contributed by atoms with Crippen LogP contribution >= 0.6 is 0 Å². The molecule has 2 unspecified atom stereocenters. The van der Waals surface area contributed by atoms with Crippen LogP contribution < -0.4 is 11.5 Å². The van der Waals surface area contributed by atoms with Gasteiger partial charge in [-0.25, -0.2) is 19.6 Å². The van der Waals surface area contributed by atoms with E-state index in [-0.39, 0.29) is 24.1 Å². The molecule has 2 atom stereocenters. The largest absolute Gasteiger partial charge is 0.479 e. The third-order valence-electron chi connectivity index (χ3n) is 10.3. The van der Waals surface area contributed by atoms with E-state index in [2.05, 4.69) is 33.8 Å². The van der Waals surface area contributed by atoms with E-state index in [4.69, 9.17) is 21.7 Å². The van der Waals surface area contributed by atoms with Crippen LogP contribution in [0.4, 0.5) is 0 Å². The minimum atomic E-state index is -1.26. The molecule has 0 aliphatic rings. The summed E-state index contributed by atoms with van der Waals surface area (Å²) in [7, 11) is 0. The summed E-state index contributed by atoms with van der Waals surface area (Å²) in [6.45, 7) is 8.43. The number of hydrogen-bond acceptors (Lipinski definition) is 10. The van der Waals surface area contributed by atoms with Gasteiger partial charge in [-0.05, 0) is 37.8 Å². The van der Waals surface area contributed by atoms with Crippen LogP contribution in [0.3, 0.4) is 0 Å². The summed E-state index contributed by atoms with van der Waals surface area (Å²) >= 11 is 0. The van der Waals surface area contributed by atoms with Crippen LogP contribution in [0.15, 0.2) is 24.5 Å². The fourth-order valence-corrected chi connectivity index (χ4v) is 6.82. The van der Waals surface area contributed by atoms with Gasteiger partial charge in [0, 0.05) is 36.6 Å². The van der Waals surface area contributed by atoms with Gasteiger partial charge in [-0.1, -0.05) is 181 Å². The molecular formula is C46H82N6O6. The van der Waals surface area contributed by atoms with Crippen LogP contribution in [0.2, 0.25) is 0 Å². The summed E-state index contributed by atoms with van der Waals surface area (Å²) < 4.78 is 0. The van der Waals surface area contributed by atoms with Gasteiger partial charge in [0.1, 0.15) is 0 Å². The van der Waals surface area contributed by atoms with Gasteiger partial charge >= 0.3 is 24.0 Å². The van der Waals surface area contributed by atoms with Gasteiger partial charge in [0.05, 0.1) is 11.4 Å². The predicted molar refractivity (Wildman–Crippen MR) is 236 cm³/mol. The van der Waals surface area contributed by atoms with Crippen molar-refractivity contribution in [3.63, 3.8) is 0 Å². The van der Waals surface area contributed by atoms with Crippen molar-refractivity contribution in [1.29, 1.82) is 0 Å². The number of aromatic nitrogens is 4. The van der Waals surface area contributed by atoms with Crippen molar-refractivity contribution in [2.24, 2.45) is 11.5 Å². The Hall–Kier alpha value is -3.64. The van der Waals surface area contributed by atoms with Crippen LogP contribution in [0.1, 0.15) is 228 Å². The first-order valence-electron chi connectivity index (χ1n) is 22.6. The highest BCUT2D eigenvalue weighted by Gasteiger charge is 2.13. The van der Waals surface area contributed by atoms with E-state index in [0.29, 0.717) is 12.2 Å². The number of nitrogens with zero attached hydrogens (tertiary/aromatic N) is 4. The van der Waals surface area contributed by atoms with E-state index in [0.717, 1.165) is 48.2 Å². The van der Waals surface area contributed by atoms with Crippen LogP contribution in [0.5, 0.6) is 12.0 Å². The number of aryl methyl sites for hydroxylation is 2. The van der Waals surface area contributed by atoms with Crippen LogP contribution in [-0.2, 0) is 9.59 Å². The molecular weight excluding hydrogens is 733 g/mol. The smallest absolute Gasteiger partial charge is 0.328 e. The quantitative estimate of drug-likeness (QED) is 0.0300. The second kappa shape index (κ2) is 37.6. The number of aromatic hydroxyl groups is 2. The van der Waals surface area contributed by atoms with Gasteiger partial charge in [-0.3, -0.25) is 0 Å². The van der Waals surface area contributed by atoms with E-state index < -0.39 is 11.9 Å². The maximum absolute atomic E-state index is 9.55. The zero-order valence-electron chi connectivity index (χ0n) is 36.8. The lowest BCUT2D eigenvalue weighted by Crippen LogP contribution is -2.14. The van der Waals surface area contributed by atoms with E-state index in [9.17, 15) is 19.8 Å². The number of hydrogen-bond donors (Lipinski definition) is 6. The fourth-order valence-electron chi connectivity index (χ4n) is 6.82. The van der Waals surface area contributed by atoms with Gasteiger partial charge in [0.25, 0.3) is 0 Å². The summed E-state index contributed by atoms with van der Waals surface area (Å²) in [4.78, 5) is 34.8. The van der Waals surface area contributed by atoms with E-state index in [1.807, 2.05) is 13.8 Å². The monoisotopic (exact) mass is 815 g/mol. The third-order valence-corrected chi connectivity index (χ3v) is 10.3. The van der Waals surface area contributed by atoms with E-state index >= 15 is 0 Å². The molecule has 2 heterocycles. The molecule has 0 amide bonds. The molecule has 0 aliphatic carbocycles. The standard InChI is InChI=1S/2C21H39N3O.C4H4O4/c2*1-3-4-5-6-7-8-9-10-11-12-13-14-15-16-19(22)20-18(2)17-23-21(25)24-20;5-3(6)1-2-4(7)8/h2*17,19H,3-16,22H2,1-2H3,(H,23,24,25);1-2H,(H,5,6)(H,7,8)/b;;2-1+. The minimum absolute atomic E-state index is 0.0957. The number of unbranched alkanes of at least 4 members (excludes halogenated alkanes) is 24. The summed E-state index contributed by atoms with van der Waals surface area (Å²) in [6.07, 6.45) is 41.5. The zero-order chi connectivity index (χ0) is 43.2. The molecule has 0 aromatic carbocycles. The Kier molecular flexibility index (Phi) is 35.3. The average Bonchev–Trinajstić information content (AvgIpc) is 3.19. The van der Waals surface area contributed by atoms with E-state index in [1.165, 1.54) is 154 Å². The first-order chi connectivity index (χ1) is 27.9. The molecule has 12 heteroatoms. The molecule has 58 heavy (non-hydrogen) atoms. The van der Waals surface area contributed by atoms with Crippen molar-refractivity contribution in [3.05, 3.63) is 47.1 Å². The van der Waals surface area contributed by atoms with Crippen molar-refractivity contribution < 1.29 is 30.0 Å². The van der Waals surface area contributed by atoms with Gasteiger partial charge in [-0.15, -0.1) is 0 Å². The molecule has 2 rings (SSSR count). The van der Waals surface area contributed by atoms with Crippen LogP contribution in [0, 0.1) is 13.8 Å². The molecule has 0 bridgehead atoms. The summed E-state index contributed by atoms with van der Waals surface area (Å²) in [5, 5.41) is 34.4. The molecule has 8 N–H and O–H groups in total. The molecule has 0 saturated heterocycles. The van der Waals surface area contributed by atoms with Crippen LogP contribution in [0.25, 0.3) is 0 Å². The lowest BCUT2D eigenvalue weighted by molar-refractivity contribution is -0.134. The molecule has 0 spiro atoms. The average molecular weight is 815 g/mol. The van der Waals surface area contributed by atoms with Crippen molar-refractivity contribution >= 4 is 11.9 Å². The topological polar surface area (TPSA) is 219 Å². The second-order valence-electron chi connectivity index (χ2n) is 15.8. The molecule has 12 nitrogen and oxygen atoms in total. The Balaban J connectivity index is 0.000000943. The SMILES string of the molecule is CCCCCCCCCCCCCCCC(N)c1nc(O)ncc1C.CCCCCCCCCCCCCCCC(N)c1nc(O)ncc1C.O=C(O)/C=C/C(=O)O. The van der Waals surface area contributed by atoms with Crippen molar-refractivity contribution in [1.82, 2.24) is 19.9 Å². The molecule has 2 aromatic heterocycles. The molecule has 2 aromatic rings. The highest BCUT2D eigenvalue weighted by molar-refractivity contribution is 5.89. The Morgan fingerprint density at radius 3 is 0.983 bits per heavy atom. The lowest BCUT2D eigenvalue weighted by atomic mass is 10.0. The second-order valence-corrected chi connectivity index (χ2v) is 15.8. The first-order valence-corrected chi connectivity index (χ1v) is 22.6. The maximum Gasteiger partial charge on any atom is 0.328 e. The number of carboxylic acid groups (broad SMARTS) is 2. The Morgan fingerprint density at radius 1 is 0.500 bits per heavy atom. The zero-order valence-corrected chi connectivity index (χ0v) is 36.8. The molecule has 332 valence electrons. The highest BCUT2D eigenvalue weighted by Crippen LogP contribution is 2.22. The Morgan fingerprint density at radius 2 is 0.741 bits per heavy atom. The summed E-state index contributed by atoms with van der Waals surface area (Å²) in [6, 6.07) is -0.550. The van der Waals surface area contributed by atoms with Gasteiger partial charge in [0.15, 0.2) is 0 Å². The van der Waals surface area contributed by atoms with Gasteiger partial charge in [-0.2, -0.15) is 9.97 Å². The van der Waals surface area contributed by atoms with Gasteiger partial charge < -0.3 is 31.9 Å². The molecule has 0 fully saturated rings. The highest BCUT2D eigenvalue weighted by atomic mass is 16.4. The predicted octanol–water partition coefficient (Wildman–Crippen LogP) is 11.7. The van der Waals surface area contributed by atoms with Crippen molar-refractivity contribution in [2.75, 3.05) is 0 Å². The number of rotatable bonds is 32. The molecule has 0 radical (unpaired) electrons. The van der Waals surface area contributed by atoms with E-state index in [1.54, 1.807) is 12.4 Å². The lowest BCUT2D eigenvalue weighted by Gasteiger charge is -2.13.